The summed E-state index contributed by atoms with van der Waals surface area (Å²) in [6.07, 6.45) is -4.79. The number of carbonyl (C=O) groups excluding carboxylic acids is 1. The molecule has 11 heteroatoms. The van der Waals surface area contributed by atoms with Gasteiger partial charge in [0.15, 0.2) is 0 Å². The van der Waals surface area contributed by atoms with Gasteiger partial charge < -0.3 is 5.73 Å². The molecule has 0 spiro atoms. The maximum Gasteiger partial charge on any atom is 0.433 e. The van der Waals surface area contributed by atoms with E-state index in [1.807, 2.05) is 5.10 Å². The quantitative estimate of drug-likeness (QED) is 0.610. The molecule has 0 unspecified atom stereocenters. The Kier molecular flexibility index (Phi) is 4.73. The highest BCUT2D eigenvalue weighted by molar-refractivity contribution is 7.89. The molecule has 0 saturated heterocycles. The zero-order chi connectivity index (χ0) is 20.7. The van der Waals surface area contributed by atoms with Crippen LogP contribution in [0.4, 0.5) is 13.2 Å². The van der Waals surface area contributed by atoms with Crippen molar-refractivity contribution in [1.29, 1.82) is 0 Å². The Labute approximate surface area is 157 Å². The third-order valence-electron chi connectivity index (χ3n) is 3.97. The Hall–Kier alpha value is -3.18. The minimum Gasteiger partial charge on any atom is -0.366 e. The Bertz CT molecular complexity index is 1150. The first kappa shape index (κ1) is 19.6. The smallest absolute Gasteiger partial charge is 0.366 e. The molecule has 0 aliphatic carbocycles. The molecule has 7 nitrogen and oxygen atoms in total. The van der Waals surface area contributed by atoms with Crippen LogP contribution in [0.5, 0.6) is 0 Å². The largest absolute Gasteiger partial charge is 0.433 e. The summed E-state index contributed by atoms with van der Waals surface area (Å²) in [5, 5.41) is 10.7. The van der Waals surface area contributed by atoms with Gasteiger partial charge in [-0.15, -0.1) is 0 Å². The third-order valence-corrected chi connectivity index (χ3v) is 4.90. The highest BCUT2D eigenvalue weighted by atomic mass is 32.2. The van der Waals surface area contributed by atoms with Crippen LogP contribution in [0.15, 0.2) is 53.4 Å². The number of benzene rings is 2. The predicted molar refractivity (Wildman–Crippen MR) is 94.4 cm³/mol. The molecular formula is C17H13F3N4O3S. The maximum absolute atomic E-state index is 13.5. The van der Waals surface area contributed by atoms with Crippen LogP contribution >= 0.6 is 0 Å². The molecule has 2 aromatic carbocycles. The van der Waals surface area contributed by atoms with Crippen molar-refractivity contribution >= 4 is 15.9 Å². The van der Waals surface area contributed by atoms with Crippen LogP contribution in [-0.2, 0) is 16.2 Å². The number of nitrogens with two attached hydrogens (primary N) is 2. The zero-order valence-electron chi connectivity index (χ0n) is 14.0. The van der Waals surface area contributed by atoms with Gasteiger partial charge in [0.05, 0.1) is 4.90 Å². The van der Waals surface area contributed by atoms with Gasteiger partial charge >= 0.3 is 6.18 Å². The molecule has 0 radical (unpaired) electrons. The van der Waals surface area contributed by atoms with Gasteiger partial charge in [-0.3, -0.25) is 9.89 Å². The molecule has 1 heterocycles. The van der Waals surface area contributed by atoms with Crippen LogP contribution in [0.1, 0.15) is 16.1 Å². The summed E-state index contributed by atoms with van der Waals surface area (Å²) < 4.78 is 63.4. The van der Waals surface area contributed by atoms with Crippen molar-refractivity contribution in [3.05, 3.63) is 59.8 Å². The fourth-order valence-corrected chi connectivity index (χ4v) is 3.25. The summed E-state index contributed by atoms with van der Waals surface area (Å²) in [5.74, 6) is -0.902. The van der Waals surface area contributed by atoms with E-state index in [9.17, 15) is 26.4 Å². The number of nitrogens with one attached hydrogen (secondary N) is 1. The third kappa shape index (κ3) is 3.62. The fourth-order valence-electron chi connectivity index (χ4n) is 2.74. The summed E-state index contributed by atoms with van der Waals surface area (Å²) in [4.78, 5) is 11.5. The molecule has 0 aliphatic rings. The number of hydrogen-bond donors (Lipinski definition) is 3. The number of carbonyl (C=O) groups is 1. The van der Waals surface area contributed by atoms with Gasteiger partial charge in [-0.25, -0.2) is 13.6 Å². The van der Waals surface area contributed by atoms with Crippen molar-refractivity contribution in [1.82, 2.24) is 10.2 Å². The molecule has 0 bridgehead atoms. The van der Waals surface area contributed by atoms with Crippen molar-refractivity contribution < 1.29 is 26.4 Å². The lowest BCUT2D eigenvalue weighted by Gasteiger charge is -2.12. The second-order valence-corrected chi connectivity index (χ2v) is 7.36. The Morgan fingerprint density at radius 1 is 1.04 bits per heavy atom. The second-order valence-electron chi connectivity index (χ2n) is 5.80. The van der Waals surface area contributed by atoms with Gasteiger partial charge in [-0.1, -0.05) is 30.3 Å². The first-order chi connectivity index (χ1) is 13.0. The van der Waals surface area contributed by atoms with Crippen molar-refractivity contribution in [3.8, 4) is 22.4 Å². The Morgan fingerprint density at radius 3 is 2.18 bits per heavy atom. The first-order valence-electron chi connectivity index (χ1n) is 7.68. The van der Waals surface area contributed by atoms with Crippen LogP contribution < -0.4 is 10.9 Å². The van der Waals surface area contributed by atoms with E-state index in [0.717, 1.165) is 12.1 Å². The number of hydrogen-bond acceptors (Lipinski definition) is 4. The maximum atomic E-state index is 13.5. The number of primary sulfonamides is 1. The van der Waals surface area contributed by atoms with Gasteiger partial charge in [-0.05, 0) is 23.8 Å². The molecule has 3 aromatic rings. The number of H-pyrrole nitrogens is 1. The standard InChI is InChI=1S/C17H13F3N4O3S/c18-17(19,20)15-13(11-3-1-2-4-12(11)16(21)25)14(23-24-15)9-5-7-10(8-6-9)28(22,26)27/h1-8H,(H2,21,25)(H,23,24)(H2,22,26,27). The van der Waals surface area contributed by atoms with E-state index in [1.165, 1.54) is 36.4 Å². The van der Waals surface area contributed by atoms with Crippen LogP contribution in [0, 0.1) is 0 Å². The topological polar surface area (TPSA) is 132 Å². The molecule has 0 atom stereocenters. The molecule has 3 rings (SSSR count). The van der Waals surface area contributed by atoms with E-state index in [2.05, 4.69) is 5.10 Å². The lowest BCUT2D eigenvalue weighted by molar-refractivity contribution is -0.140. The molecule has 1 aromatic heterocycles. The molecular weight excluding hydrogens is 397 g/mol. The van der Waals surface area contributed by atoms with Crippen LogP contribution in [0.2, 0.25) is 0 Å². The molecule has 0 aliphatic heterocycles. The number of halogens is 3. The number of aromatic amines is 1. The number of nitrogens with zero attached hydrogens (tertiary/aromatic N) is 1. The van der Waals surface area contributed by atoms with E-state index in [-0.39, 0.29) is 32.8 Å². The molecule has 1 amide bonds. The summed E-state index contributed by atoms with van der Waals surface area (Å²) in [7, 11) is -3.97. The zero-order valence-corrected chi connectivity index (χ0v) is 14.8. The van der Waals surface area contributed by atoms with Crippen LogP contribution in [0.25, 0.3) is 22.4 Å². The fraction of sp³-hybridized carbons (Fsp3) is 0.0588. The lowest BCUT2D eigenvalue weighted by atomic mass is 9.94. The number of primary amides is 1. The van der Waals surface area contributed by atoms with Gasteiger partial charge in [0, 0.05) is 16.7 Å². The van der Waals surface area contributed by atoms with Crippen LogP contribution in [-0.4, -0.2) is 24.5 Å². The van der Waals surface area contributed by atoms with Gasteiger partial charge in [0.25, 0.3) is 0 Å². The Morgan fingerprint density at radius 2 is 1.64 bits per heavy atom. The van der Waals surface area contributed by atoms with E-state index in [1.54, 1.807) is 0 Å². The number of rotatable bonds is 4. The minimum atomic E-state index is -4.79. The summed E-state index contributed by atoms with van der Waals surface area (Å²) in [6.45, 7) is 0. The minimum absolute atomic E-state index is 0.0541. The van der Waals surface area contributed by atoms with Crippen molar-refractivity contribution in [2.24, 2.45) is 10.9 Å². The van der Waals surface area contributed by atoms with Crippen LogP contribution in [0.3, 0.4) is 0 Å². The summed E-state index contributed by atoms with van der Waals surface area (Å²) in [5.41, 5.74) is 3.67. The van der Waals surface area contributed by atoms with Gasteiger partial charge in [-0.2, -0.15) is 18.3 Å². The normalized spacial score (nSPS) is 12.1. The van der Waals surface area contributed by atoms with E-state index >= 15 is 0 Å². The average molecular weight is 410 g/mol. The second kappa shape index (κ2) is 6.77. The molecule has 0 fully saturated rings. The number of sulfonamides is 1. The Balaban J connectivity index is 2.28. The highest BCUT2D eigenvalue weighted by Crippen LogP contribution is 2.42. The lowest BCUT2D eigenvalue weighted by Crippen LogP contribution is -2.14. The van der Waals surface area contributed by atoms with Gasteiger partial charge in [0.1, 0.15) is 11.4 Å². The number of aromatic nitrogens is 2. The first-order valence-corrected chi connectivity index (χ1v) is 9.23. The average Bonchev–Trinajstić information content (AvgIpc) is 3.06. The summed E-state index contributed by atoms with van der Waals surface area (Å²) in [6, 6.07) is 10.4. The molecule has 0 saturated carbocycles. The number of alkyl halides is 3. The monoisotopic (exact) mass is 410 g/mol. The molecule has 28 heavy (non-hydrogen) atoms. The van der Waals surface area contributed by atoms with Crippen molar-refractivity contribution in [2.75, 3.05) is 0 Å². The van der Waals surface area contributed by atoms with E-state index < -0.39 is 27.8 Å². The van der Waals surface area contributed by atoms with Crippen molar-refractivity contribution in [3.63, 3.8) is 0 Å². The van der Waals surface area contributed by atoms with Crippen molar-refractivity contribution in [2.45, 2.75) is 11.1 Å². The van der Waals surface area contributed by atoms with Gasteiger partial charge in [0.2, 0.25) is 15.9 Å². The highest BCUT2D eigenvalue weighted by Gasteiger charge is 2.38. The predicted octanol–water partition coefficient (Wildman–Crippen LogP) is 2.51. The summed E-state index contributed by atoms with van der Waals surface area (Å²) >= 11 is 0. The number of amides is 1. The van der Waals surface area contributed by atoms with E-state index in [4.69, 9.17) is 10.9 Å². The SMILES string of the molecule is NC(=O)c1ccccc1-c1c(-c2ccc(S(N)(=O)=O)cc2)n[nH]c1C(F)(F)F. The molecule has 146 valence electrons. The van der Waals surface area contributed by atoms with E-state index in [0.29, 0.717) is 0 Å². The molecule has 5 N–H and O–H groups in total.